The third kappa shape index (κ3) is 4.81. The summed E-state index contributed by atoms with van der Waals surface area (Å²) in [6, 6.07) is 0.853. The highest BCUT2D eigenvalue weighted by Gasteiger charge is 2.44. The fourth-order valence-electron chi connectivity index (χ4n) is 5.84. The Morgan fingerprint density at radius 3 is 2.08 bits per heavy atom. The van der Waals surface area contributed by atoms with Crippen LogP contribution in [0.2, 0.25) is 0 Å². The van der Waals surface area contributed by atoms with Crippen LogP contribution in [-0.2, 0) is 0 Å². The molecular weight excluding hydrogens is 320 g/mol. The van der Waals surface area contributed by atoms with Gasteiger partial charge in [-0.15, -0.1) is 0 Å². The van der Waals surface area contributed by atoms with E-state index < -0.39 is 0 Å². The van der Waals surface area contributed by atoms with Gasteiger partial charge < -0.3 is 14.7 Å². The molecule has 4 rings (SSSR count). The van der Waals surface area contributed by atoms with E-state index in [4.69, 9.17) is 0 Å². The largest absolute Gasteiger partial charge is 0.303 e. The first kappa shape index (κ1) is 19.2. The minimum Gasteiger partial charge on any atom is -0.303 e. The van der Waals surface area contributed by atoms with Crippen LogP contribution in [0.15, 0.2) is 0 Å². The number of piperazine rings is 1. The molecule has 4 fully saturated rings. The quantitative estimate of drug-likeness (QED) is 0.690. The zero-order chi connectivity index (χ0) is 18.1. The summed E-state index contributed by atoms with van der Waals surface area (Å²) in [5, 5.41) is 0. The van der Waals surface area contributed by atoms with Crippen molar-refractivity contribution in [2.75, 3.05) is 72.5 Å². The summed E-state index contributed by atoms with van der Waals surface area (Å²) in [7, 11) is 2.24. The minimum atomic E-state index is 0.715. The monoisotopic (exact) mass is 362 g/mol. The molecule has 0 unspecified atom stereocenters. The lowest BCUT2D eigenvalue weighted by Gasteiger charge is -2.47. The van der Waals surface area contributed by atoms with Gasteiger partial charge in [0.15, 0.2) is 0 Å². The zero-order valence-electron chi connectivity index (χ0n) is 17.6. The first-order chi connectivity index (χ1) is 12.5. The van der Waals surface area contributed by atoms with Gasteiger partial charge in [0.25, 0.3) is 0 Å². The molecule has 0 aromatic rings. The maximum atomic E-state index is 2.80. The Morgan fingerprint density at radius 2 is 1.54 bits per heavy atom. The van der Waals surface area contributed by atoms with E-state index in [1.165, 1.54) is 97.6 Å². The van der Waals surface area contributed by atoms with E-state index in [9.17, 15) is 0 Å². The predicted octanol–water partition coefficient (Wildman–Crippen LogP) is 2.46. The number of hydrogen-bond acceptors (Lipinski definition) is 4. The second kappa shape index (κ2) is 8.06. The maximum Gasteiger partial charge on any atom is 0.0351 e. The van der Waals surface area contributed by atoms with Crippen molar-refractivity contribution in [1.29, 1.82) is 0 Å². The Kier molecular flexibility index (Phi) is 5.95. The molecule has 0 N–H and O–H groups in total. The Balaban J connectivity index is 1.13. The second-order valence-electron chi connectivity index (χ2n) is 10.5. The SMILES string of the molecule is CC(C)CC1(CN2CCC(CN3CCN(C4CN(C)C4)CC3)CC2)CC1. The third-order valence-electron chi connectivity index (χ3n) is 7.55. The van der Waals surface area contributed by atoms with Crippen LogP contribution in [0.25, 0.3) is 0 Å². The summed E-state index contributed by atoms with van der Waals surface area (Å²) in [4.78, 5) is 10.7. The van der Waals surface area contributed by atoms with Crippen LogP contribution in [0.4, 0.5) is 0 Å². The molecule has 0 spiro atoms. The molecule has 4 aliphatic rings. The van der Waals surface area contributed by atoms with Crippen LogP contribution in [0.3, 0.4) is 0 Å². The molecule has 1 saturated carbocycles. The summed E-state index contributed by atoms with van der Waals surface area (Å²) in [6.45, 7) is 18.1. The number of nitrogens with zero attached hydrogens (tertiary/aromatic N) is 4. The van der Waals surface area contributed by atoms with E-state index in [0.717, 1.165) is 17.9 Å². The van der Waals surface area contributed by atoms with Gasteiger partial charge in [0, 0.05) is 58.4 Å². The Hall–Kier alpha value is -0.160. The van der Waals surface area contributed by atoms with Gasteiger partial charge in [-0.3, -0.25) is 4.90 Å². The number of hydrogen-bond donors (Lipinski definition) is 0. The first-order valence-corrected chi connectivity index (χ1v) is 11.4. The van der Waals surface area contributed by atoms with E-state index in [1.54, 1.807) is 0 Å². The van der Waals surface area contributed by atoms with Crippen molar-refractivity contribution in [3.63, 3.8) is 0 Å². The van der Waals surface area contributed by atoms with Gasteiger partial charge >= 0.3 is 0 Å². The summed E-state index contributed by atoms with van der Waals surface area (Å²) in [5.74, 6) is 1.82. The normalized spacial score (nSPS) is 30.0. The molecule has 0 amide bonds. The number of piperidine rings is 1. The van der Waals surface area contributed by atoms with Crippen molar-refractivity contribution in [3.8, 4) is 0 Å². The highest BCUT2D eigenvalue weighted by atomic mass is 15.3. The lowest BCUT2D eigenvalue weighted by atomic mass is 9.91. The van der Waals surface area contributed by atoms with Gasteiger partial charge in [-0.1, -0.05) is 13.8 Å². The van der Waals surface area contributed by atoms with Crippen molar-refractivity contribution < 1.29 is 0 Å². The van der Waals surface area contributed by atoms with Crippen molar-refractivity contribution in [2.45, 2.75) is 52.0 Å². The summed E-state index contributed by atoms with van der Waals surface area (Å²) in [6.07, 6.45) is 7.31. The molecule has 0 aromatic carbocycles. The van der Waals surface area contributed by atoms with E-state index in [1.807, 2.05) is 0 Å². The molecule has 4 nitrogen and oxygen atoms in total. The fraction of sp³-hybridized carbons (Fsp3) is 1.00. The molecule has 0 aromatic heterocycles. The standard InChI is InChI=1S/C22H42N4/c1-19(2)14-22(6-7-22)18-25-8-4-20(5-9-25)15-24-10-12-26(13-11-24)21-16-23(3)17-21/h19-21H,4-18H2,1-3H3. The second-order valence-corrected chi connectivity index (χ2v) is 10.5. The van der Waals surface area contributed by atoms with Crippen LogP contribution >= 0.6 is 0 Å². The van der Waals surface area contributed by atoms with Gasteiger partial charge in [0.05, 0.1) is 0 Å². The molecular formula is C22H42N4. The maximum absolute atomic E-state index is 2.80. The Morgan fingerprint density at radius 1 is 0.885 bits per heavy atom. The summed E-state index contributed by atoms with van der Waals surface area (Å²) in [5.41, 5.74) is 0.715. The molecule has 0 radical (unpaired) electrons. The number of likely N-dealkylation sites (tertiary alicyclic amines) is 2. The lowest BCUT2D eigenvalue weighted by molar-refractivity contribution is 0.0114. The highest BCUT2D eigenvalue weighted by Crippen LogP contribution is 2.51. The molecule has 1 aliphatic carbocycles. The van der Waals surface area contributed by atoms with E-state index >= 15 is 0 Å². The van der Waals surface area contributed by atoms with Crippen molar-refractivity contribution >= 4 is 0 Å². The first-order valence-electron chi connectivity index (χ1n) is 11.4. The van der Waals surface area contributed by atoms with E-state index in [2.05, 4.69) is 40.5 Å². The van der Waals surface area contributed by atoms with Gasteiger partial charge in [-0.2, -0.15) is 0 Å². The van der Waals surface area contributed by atoms with Crippen LogP contribution in [-0.4, -0.2) is 98.1 Å². The molecule has 3 heterocycles. The van der Waals surface area contributed by atoms with Crippen LogP contribution in [0, 0.1) is 17.3 Å². The van der Waals surface area contributed by atoms with E-state index in [0.29, 0.717) is 5.41 Å². The van der Waals surface area contributed by atoms with Gasteiger partial charge in [-0.05, 0) is 69.5 Å². The van der Waals surface area contributed by atoms with E-state index in [-0.39, 0.29) is 0 Å². The smallest absolute Gasteiger partial charge is 0.0351 e. The molecule has 0 bridgehead atoms. The van der Waals surface area contributed by atoms with Crippen LogP contribution in [0.5, 0.6) is 0 Å². The molecule has 26 heavy (non-hydrogen) atoms. The van der Waals surface area contributed by atoms with Gasteiger partial charge in [-0.25, -0.2) is 0 Å². The Labute approximate surface area is 161 Å². The summed E-state index contributed by atoms with van der Waals surface area (Å²) >= 11 is 0. The molecule has 150 valence electrons. The lowest BCUT2D eigenvalue weighted by Crippen LogP contribution is -2.62. The average Bonchev–Trinajstić information content (AvgIpc) is 3.33. The van der Waals surface area contributed by atoms with Crippen LogP contribution < -0.4 is 0 Å². The highest BCUT2D eigenvalue weighted by molar-refractivity contribution is 4.97. The van der Waals surface area contributed by atoms with Crippen LogP contribution in [0.1, 0.15) is 46.0 Å². The average molecular weight is 363 g/mol. The minimum absolute atomic E-state index is 0.715. The van der Waals surface area contributed by atoms with Crippen molar-refractivity contribution in [1.82, 2.24) is 19.6 Å². The molecule has 3 aliphatic heterocycles. The molecule has 0 atom stereocenters. The fourth-order valence-corrected chi connectivity index (χ4v) is 5.84. The number of rotatable bonds is 7. The third-order valence-corrected chi connectivity index (χ3v) is 7.55. The topological polar surface area (TPSA) is 13.0 Å². The summed E-state index contributed by atoms with van der Waals surface area (Å²) < 4.78 is 0. The predicted molar refractivity (Wildman–Crippen MR) is 110 cm³/mol. The van der Waals surface area contributed by atoms with Crippen molar-refractivity contribution in [2.24, 2.45) is 17.3 Å². The molecule has 4 heteroatoms. The molecule has 3 saturated heterocycles. The Bertz CT molecular complexity index is 439. The van der Waals surface area contributed by atoms with Gasteiger partial charge in [0.2, 0.25) is 0 Å². The van der Waals surface area contributed by atoms with Crippen molar-refractivity contribution in [3.05, 3.63) is 0 Å². The van der Waals surface area contributed by atoms with Gasteiger partial charge in [0.1, 0.15) is 0 Å². The number of likely N-dealkylation sites (N-methyl/N-ethyl adjacent to an activating group) is 1. The zero-order valence-corrected chi connectivity index (χ0v) is 17.6.